The number of benzene rings is 1. The molecule has 0 aliphatic rings. The number of aryl methyl sites for hydroxylation is 3. The Hall–Kier alpha value is -3.02. The van der Waals surface area contributed by atoms with E-state index in [1.54, 1.807) is 12.4 Å². The Morgan fingerprint density at radius 2 is 1.83 bits per heavy atom. The summed E-state index contributed by atoms with van der Waals surface area (Å²) in [5.74, 6) is 1.12. The van der Waals surface area contributed by atoms with E-state index in [2.05, 4.69) is 63.7 Å². The standard InChI is InChI=1S/C18H20N6/c1-12-8-13(2)17(14(3)9-12)22-16-11-21-24-18(23-16)20-10-15-6-4-5-7-19-15/h4-9,11H,10H2,1-3H3,(H2,20,22,23,24). The molecule has 0 amide bonds. The molecule has 0 aliphatic heterocycles. The third kappa shape index (κ3) is 3.84. The maximum atomic E-state index is 4.46. The molecule has 6 heteroatoms. The summed E-state index contributed by atoms with van der Waals surface area (Å²) in [5, 5.41) is 14.5. The number of hydrogen-bond donors (Lipinski definition) is 2. The summed E-state index contributed by atoms with van der Waals surface area (Å²) >= 11 is 0. The predicted octanol–water partition coefficient (Wildman–Crippen LogP) is 3.55. The Bertz CT molecular complexity index is 809. The number of nitrogens with zero attached hydrogens (tertiary/aromatic N) is 4. The van der Waals surface area contributed by atoms with Crippen LogP contribution in [-0.4, -0.2) is 20.2 Å². The normalized spacial score (nSPS) is 10.5. The van der Waals surface area contributed by atoms with Crippen LogP contribution in [0.15, 0.2) is 42.7 Å². The van der Waals surface area contributed by atoms with Crippen molar-refractivity contribution in [2.45, 2.75) is 27.3 Å². The maximum absolute atomic E-state index is 4.46. The van der Waals surface area contributed by atoms with Crippen LogP contribution < -0.4 is 10.6 Å². The third-order valence-electron chi connectivity index (χ3n) is 3.64. The summed E-state index contributed by atoms with van der Waals surface area (Å²) in [6.45, 7) is 6.80. The summed E-state index contributed by atoms with van der Waals surface area (Å²) in [6, 6.07) is 10.1. The van der Waals surface area contributed by atoms with Gasteiger partial charge in [0, 0.05) is 11.9 Å². The van der Waals surface area contributed by atoms with Crippen LogP contribution in [0.2, 0.25) is 0 Å². The van der Waals surface area contributed by atoms with Crippen LogP contribution in [-0.2, 0) is 6.54 Å². The van der Waals surface area contributed by atoms with Gasteiger partial charge in [0.1, 0.15) is 0 Å². The molecule has 122 valence electrons. The van der Waals surface area contributed by atoms with E-state index in [0.717, 1.165) is 11.4 Å². The number of aromatic nitrogens is 4. The number of rotatable bonds is 5. The van der Waals surface area contributed by atoms with E-state index in [-0.39, 0.29) is 0 Å². The Balaban J connectivity index is 1.74. The summed E-state index contributed by atoms with van der Waals surface area (Å²) in [4.78, 5) is 8.73. The molecular formula is C18H20N6. The number of hydrogen-bond acceptors (Lipinski definition) is 6. The minimum Gasteiger partial charge on any atom is -0.347 e. The molecule has 2 N–H and O–H groups in total. The van der Waals surface area contributed by atoms with Crippen molar-refractivity contribution in [2.75, 3.05) is 10.6 Å². The molecule has 3 rings (SSSR count). The molecule has 0 aliphatic carbocycles. The van der Waals surface area contributed by atoms with Gasteiger partial charge in [0.05, 0.1) is 18.4 Å². The molecule has 0 radical (unpaired) electrons. The highest BCUT2D eigenvalue weighted by molar-refractivity contribution is 5.65. The fourth-order valence-electron chi connectivity index (χ4n) is 2.62. The van der Waals surface area contributed by atoms with Crippen LogP contribution in [0.1, 0.15) is 22.4 Å². The first kappa shape index (κ1) is 15.9. The largest absolute Gasteiger partial charge is 0.347 e. The van der Waals surface area contributed by atoms with E-state index >= 15 is 0 Å². The molecule has 0 unspecified atom stereocenters. The molecule has 2 aromatic heterocycles. The van der Waals surface area contributed by atoms with Crippen LogP contribution in [0.25, 0.3) is 0 Å². The minimum atomic E-state index is 0.466. The van der Waals surface area contributed by atoms with Gasteiger partial charge in [-0.05, 0) is 44.0 Å². The monoisotopic (exact) mass is 320 g/mol. The van der Waals surface area contributed by atoms with Gasteiger partial charge in [-0.15, -0.1) is 5.10 Å². The van der Waals surface area contributed by atoms with E-state index < -0.39 is 0 Å². The second-order valence-corrected chi connectivity index (χ2v) is 5.74. The third-order valence-corrected chi connectivity index (χ3v) is 3.64. The highest BCUT2D eigenvalue weighted by Crippen LogP contribution is 2.24. The van der Waals surface area contributed by atoms with Gasteiger partial charge in [-0.2, -0.15) is 10.1 Å². The number of pyridine rings is 1. The maximum Gasteiger partial charge on any atom is 0.245 e. The summed E-state index contributed by atoms with van der Waals surface area (Å²) < 4.78 is 0. The molecule has 0 fully saturated rings. The van der Waals surface area contributed by atoms with Gasteiger partial charge in [-0.3, -0.25) is 4.98 Å². The first-order chi connectivity index (χ1) is 11.6. The Morgan fingerprint density at radius 3 is 2.54 bits per heavy atom. The fourth-order valence-corrected chi connectivity index (χ4v) is 2.62. The summed E-state index contributed by atoms with van der Waals surface area (Å²) in [6.07, 6.45) is 3.38. The molecule has 1 aromatic carbocycles. The first-order valence-electron chi connectivity index (χ1n) is 7.80. The van der Waals surface area contributed by atoms with E-state index in [9.17, 15) is 0 Å². The molecule has 0 bridgehead atoms. The summed E-state index contributed by atoms with van der Waals surface area (Å²) in [7, 11) is 0. The second kappa shape index (κ2) is 7.04. The smallest absolute Gasteiger partial charge is 0.245 e. The lowest BCUT2D eigenvalue weighted by molar-refractivity contribution is 0.934. The quantitative estimate of drug-likeness (QED) is 0.749. The first-order valence-corrected chi connectivity index (χ1v) is 7.80. The van der Waals surface area contributed by atoms with Crippen LogP contribution >= 0.6 is 0 Å². The fraction of sp³-hybridized carbons (Fsp3) is 0.222. The lowest BCUT2D eigenvalue weighted by Gasteiger charge is -2.13. The van der Waals surface area contributed by atoms with E-state index in [0.29, 0.717) is 18.3 Å². The second-order valence-electron chi connectivity index (χ2n) is 5.74. The molecule has 3 aromatic rings. The summed E-state index contributed by atoms with van der Waals surface area (Å²) in [5.41, 5.74) is 5.57. The molecular weight excluding hydrogens is 300 g/mol. The lowest BCUT2D eigenvalue weighted by atomic mass is 10.1. The van der Waals surface area contributed by atoms with Crippen LogP contribution in [0.4, 0.5) is 17.5 Å². The van der Waals surface area contributed by atoms with Crippen LogP contribution in [0.3, 0.4) is 0 Å². The molecule has 0 saturated carbocycles. The molecule has 24 heavy (non-hydrogen) atoms. The van der Waals surface area contributed by atoms with Gasteiger partial charge in [-0.25, -0.2) is 0 Å². The van der Waals surface area contributed by atoms with Crippen molar-refractivity contribution in [3.8, 4) is 0 Å². The average Bonchev–Trinajstić information content (AvgIpc) is 2.58. The van der Waals surface area contributed by atoms with Crippen molar-refractivity contribution < 1.29 is 0 Å². The van der Waals surface area contributed by atoms with Gasteiger partial charge < -0.3 is 10.6 Å². The van der Waals surface area contributed by atoms with Crippen molar-refractivity contribution in [2.24, 2.45) is 0 Å². The van der Waals surface area contributed by atoms with Gasteiger partial charge >= 0.3 is 0 Å². The zero-order valence-electron chi connectivity index (χ0n) is 14.0. The SMILES string of the molecule is Cc1cc(C)c(Nc2cnnc(NCc3ccccn3)n2)c(C)c1. The molecule has 2 heterocycles. The zero-order valence-corrected chi connectivity index (χ0v) is 14.0. The van der Waals surface area contributed by atoms with Crippen molar-refractivity contribution >= 4 is 17.5 Å². The lowest BCUT2D eigenvalue weighted by Crippen LogP contribution is -2.07. The Labute approximate surface area is 141 Å². The predicted molar refractivity (Wildman–Crippen MR) is 95.3 cm³/mol. The molecule has 0 spiro atoms. The minimum absolute atomic E-state index is 0.466. The van der Waals surface area contributed by atoms with Gasteiger partial charge in [0.15, 0.2) is 5.82 Å². The zero-order chi connectivity index (χ0) is 16.9. The van der Waals surface area contributed by atoms with Crippen molar-refractivity contribution in [3.63, 3.8) is 0 Å². The van der Waals surface area contributed by atoms with Gasteiger partial charge in [0.2, 0.25) is 5.95 Å². The van der Waals surface area contributed by atoms with E-state index in [1.807, 2.05) is 18.2 Å². The highest BCUT2D eigenvalue weighted by atomic mass is 15.3. The van der Waals surface area contributed by atoms with Gasteiger partial charge in [0.25, 0.3) is 0 Å². The van der Waals surface area contributed by atoms with Crippen molar-refractivity contribution in [1.29, 1.82) is 0 Å². The van der Waals surface area contributed by atoms with Crippen LogP contribution in [0, 0.1) is 20.8 Å². The van der Waals surface area contributed by atoms with E-state index in [4.69, 9.17) is 0 Å². The Kier molecular flexibility index (Phi) is 4.65. The Morgan fingerprint density at radius 1 is 1.04 bits per heavy atom. The molecule has 6 nitrogen and oxygen atoms in total. The average molecular weight is 320 g/mol. The van der Waals surface area contributed by atoms with Gasteiger partial charge in [-0.1, -0.05) is 23.8 Å². The van der Waals surface area contributed by atoms with Crippen molar-refractivity contribution in [3.05, 3.63) is 65.1 Å². The molecule has 0 atom stereocenters. The van der Waals surface area contributed by atoms with Crippen LogP contribution in [0.5, 0.6) is 0 Å². The van der Waals surface area contributed by atoms with Crippen molar-refractivity contribution in [1.82, 2.24) is 20.2 Å². The van der Waals surface area contributed by atoms with E-state index in [1.165, 1.54) is 16.7 Å². The topological polar surface area (TPSA) is 75.6 Å². The molecule has 0 saturated heterocycles. The number of anilines is 3. The number of nitrogens with one attached hydrogen (secondary N) is 2. The highest BCUT2D eigenvalue weighted by Gasteiger charge is 2.07.